The molecule has 0 heterocycles. The fourth-order valence-electron chi connectivity index (χ4n) is 8.33. The van der Waals surface area contributed by atoms with Crippen LogP contribution in [0.2, 0.25) is 0 Å². The number of carboxylic acid groups (broad SMARTS) is 1. The van der Waals surface area contributed by atoms with Crippen LogP contribution in [0.4, 0.5) is 4.79 Å². The summed E-state index contributed by atoms with van der Waals surface area (Å²) in [5, 5.41) is 28.6. The number of ketones is 2. The number of carbonyl (C=O) groups is 4. The highest BCUT2D eigenvalue weighted by Crippen LogP contribution is 2.66. The molecule has 12 nitrogen and oxygen atoms in total. The lowest BCUT2D eigenvalue weighted by molar-refractivity contribution is -0.763. The lowest BCUT2D eigenvalue weighted by Gasteiger charge is -2.58. The van der Waals surface area contributed by atoms with E-state index < -0.39 is 23.3 Å². The van der Waals surface area contributed by atoms with E-state index in [4.69, 9.17) is 9.84 Å². The molecule has 0 amide bonds. The Kier molecular flexibility index (Phi) is 10.5. The molecule has 1 aromatic carbocycles. The van der Waals surface area contributed by atoms with E-state index in [2.05, 4.69) is 23.4 Å². The highest BCUT2D eigenvalue weighted by atomic mass is 16.9. The Hall–Kier alpha value is -4.06. The van der Waals surface area contributed by atoms with Crippen molar-refractivity contribution in [2.75, 3.05) is 13.2 Å². The number of benzene rings is 1. The number of Topliss-reactive ketones (excluding diaryl/α,β-unsaturated/α-hetero) is 1. The van der Waals surface area contributed by atoms with Crippen molar-refractivity contribution >= 4 is 23.7 Å². The van der Waals surface area contributed by atoms with Crippen LogP contribution >= 0.6 is 0 Å². The van der Waals surface area contributed by atoms with Gasteiger partial charge in [-0.15, -0.1) is 10.1 Å². The van der Waals surface area contributed by atoms with Gasteiger partial charge < -0.3 is 24.5 Å². The van der Waals surface area contributed by atoms with Crippen LogP contribution in [0.25, 0.3) is 0 Å². The molecule has 244 valence electrons. The number of fused-ring (bicyclic) bond motifs is 5. The highest BCUT2D eigenvalue weighted by molar-refractivity contribution is 6.01. The van der Waals surface area contributed by atoms with Crippen LogP contribution in [-0.2, 0) is 41.7 Å². The van der Waals surface area contributed by atoms with Gasteiger partial charge in [0.2, 0.25) is 0 Å². The van der Waals surface area contributed by atoms with Gasteiger partial charge >= 0.3 is 12.1 Å². The molecule has 3 fully saturated rings. The number of ether oxygens (including phenoxy) is 2. The largest absolute Gasteiger partial charge is 0.505 e. The lowest BCUT2D eigenvalue weighted by Crippen LogP contribution is -2.56. The van der Waals surface area contributed by atoms with Gasteiger partial charge in [-0.1, -0.05) is 49.8 Å². The summed E-state index contributed by atoms with van der Waals surface area (Å²) < 4.78 is 9.33. The van der Waals surface area contributed by atoms with Crippen LogP contribution in [0.3, 0.4) is 0 Å². The Morgan fingerprint density at radius 3 is 2.38 bits per heavy atom. The number of nitrogens with zero attached hydrogens (tertiary/aromatic N) is 1. The minimum absolute atomic E-state index is 0.0106. The Bertz CT molecular complexity index is 1370. The smallest absolute Gasteiger partial charge is 0.457 e. The number of aliphatic hydroxyl groups is 1. The van der Waals surface area contributed by atoms with E-state index in [0.29, 0.717) is 17.5 Å². The minimum atomic E-state index is -1.21. The maximum Gasteiger partial charge on any atom is 0.505 e. The second kappa shape index (κ2) is 13.9. The zero-order chi connectivity index (χ0) is 32.9. The first kappa shape index (κ1) is 33.8. The molecule has 2 N–H and O–H groups in total. The molecule has 5 rings (SSSR count). The van der Waals surface area contributed by atoms with E-state index in [9.17, 15) is 34.4 Å². The quantitative estimate of drug-likeness (QED) is 0.221. The monoisotopic (exact) mass is 627 g/mol. The fourth-order valence-corrected chi connectivity index (χ4v) is 8.33. The SMILES string of the molecule is CC12C=CC(=O)C=C1CCC1C2C(O)CC2(C)C(C(=O)COC(=O)Cc3ccc(CO[N+](=O)[O-])cc3)CCC12.CCOC(=O)O. The number of aliphatic hydroxyl groups excluding tert-OH is 1. The zero-order valence-electron chi connectivity index (χ0n) is 25.8. The molecule has 4 aliphatic rings. The van der Waals surface area contributed by atoms with E-state index in [0.717, 1.165) is 31.3 Å². The average Bonchev–Trinajstić information content (AvgIpc) is 3.32. The van der Waals surface area contributed by atoms with Crippen molar-refractivity contribution in [1.82, 2.24) is 0 Å². The van der Waals surface area contributed by atoms with E-state index in [1.807, 2.05) is 6.08 Å². The van der Waals surface area contributed by atoms with Gasteiger partial charge in [-0.25, -0.2) is 4.79 Å². The summed E-state index contributed by atoms with van der Waals surface area (Å²) in [5.74, 6) is -0.313. The summed E-state index contributed by atoms with van der Waals surface area (Å²) in [6, 6.07) is 6.63. The molecular weight excluding hydrogens is 586 g/mol. The molecule has 3 saturated carbocycles. The number of carbonyl (C=O) groups excluding carboxylic acids is 3. The van der Waals surface area contributed by atoms with Gasteiger partial charge in [-0.3, -0.25) is 14.4 Å². The molecule has 0 bridgehead atoms. The molecule has 0 spiro atoms. The number of hydrogen-bond donors (Lipinski definition) is 2. The van der Waals surface area contributed by atoms with Crippen LogP contribution in [0.5, 0.6) is 0 Å². The third-order valence-electron chi connectivity index (χ3n) is 10.2. The molecule has 1 aromatic rings. The Morgan fingerprint density at radius 1 is 1.07 bits per heavy atom. The molecule has 0 saturated heterocycles. The molecular formula is C33H41NO11. The zero-order valence-corrected chi connectivity index (χ0v) is 25.8. The van der Waals surface area contributed by atoms with E-state index >= 15 is 0 Å². The summed E-state index contributed by atoms with van der Waals surface area (Å²) in [5.41, 5.74) is 1.68. The second-order valence-electron chi connectivity index (χ2n) is 12.7. The number of allylic oxidation sites excluding steroid dienone is 4. The van der Waals surface area contributed by atoms with Gasteiger partial charge in [0.25, 0.3) is 5.09 Å². The normalized spacial score (nSPS) is 31.2. The summed E-state index contributed by atoms with van der Waals surface area (Å²) in [6.45, 7) is 5.64. The van der Waals surface area contributed by atoms with Crippen LogP contribution in [0.1, 0.15) is 64.0 Å². The molecule has 7 unspecified atom stereocenters. The van der Waals surface area contributed by atoms with Crippen molar-refractivity contribution in [3.8, 4) is 0 Å². The fraction of sp³-hybridized carbons (Fsp3) is 0.576. The van der Waals surface area contributed by atoms with Crippen molar-refractivity contribution in [2.45, 2.75) is 72.0 Å². The predicted molar refractivity (Wildman–Crippen MR) is 159 cm³/mol. The van der Waals surface area contributed by atoms with Gasteiger partial charge in [0.15, 0.2) is 11.6 Å². The van der Waals surface area contributed by atoms with E-state index in [-0.39, 0.29) is 72.3 Å². The average molecular weight is 628 g/mol. The molecule has 45 heavy (non-hydrogen) atoms. The predicted octanol–water partition coefficient (Wildman–Crippen LogP) is 4.65. The van der Waals surface area contributed by atoms with Gasteiger partial charge in [0.1, 0.15) is 13.2 Å². The van der Waals surface area contributed by atoms with Gasteiger partial charge in [-0.2, -0.15) is 0 Å². The molecule has 0 aliphatic heterocycles. The number of esters is 1. The third-order valence-corrected chi connectivity index (χ3v) is 10.2. The molecule has 7 atom stereocenters. The van der Waals surface area contributed by atoms with Crippen LogP contribution in [0.15, 0.2) is 48.1 Å². The second-order valence-corrected chi connectivity index (χ2v) is 12.7. The molecule has 0 aromatic heterocycles. The van der Waals surface area contributed by atoms with Crippen molar-refractivity contribution < 1.29 is 48.8 Å². The number of hydrogen-bond acceptors (Lipinski definition) is 10. The lowest BCUT2D eigenvalue weighted by atomic mass is 9.46. The van der Waals surface area contributed by atoms with Gasteiger partial charge in [0, 0.05) is 17.3 Å². The molecule has 4 aliphatic carbocycles. The minimum Gasteiger partial charge on any atom is -0.457 e. The van der Waals surface area contributed by atoms with E-state index in [1.165, 1.54) is 0 Å². The Balaban J connectivity index is 0.000000700. The summed E-state index contributed by atoms with van der Waals surface area (Å²) in [7, 11) is 0. The van der Waals surface area contributed by atoms with Crippen molar-refractivity contribution in [2.24, 2.45) is 34.5 Å². The molecule has 12 heteroatoms. The Morgan fingerprint density at radius 2 is 1.76 bits per heavy atom. The van der Waals surface area contributed by atoms with Crippen molar-refractivity contribution in [3.05, 3.63) is 69.3 Å². The summed E-state index contributed by atoms with van der Waals surface area (Å²) in [4.78, 5) is 61.8. The van der Waals surface area contributed by atoms with Crippen LogP contribution in [0, 0.1) is 44.6 Å². The topological polar surface area (TPSA) is 180 Å². The third kappa shape index (κ3) is 7.43. The molecule has 0 radical (unpaired) electrons. The Labute approximate surface area is 261 Å². The van der Waals surface area contributed by atoms with Crippen molar-refractivity contribution in [3.63, 3.8) is 0 Å². The van der Waals surface area contributed by atoms with Gasteiger partial charge in [-0.05, 0) is 79.6 Å². The summed E-state index contributed by atoms with van der Waals surface area (Å²) in [6.07, 6.45) is 7.40. The first-order chi connectivity index (χ1) is 21.3. The first-order valence-electron chi connectivity index (χ1n) is 15.3. The first-order valence-corrected chi connectivity index (χ1v) is 15.3. The van der Waals surface area contributed by atoms with Crippen LogP contribution in [-0.4, -0.2) is 58.3 Å². The number of rotatable bonds is 9. The highest BCUT2D eigenvalue weighted by Gasteiger charge is 2.62. The van der Waals surface area contributed by atoms with E-state index in [1.54, 1.807) is 43.3 Å². The van der Waals surface area contributed by atoms with Crippen LogP contribution < -0.4 is 0 Å². The maximum absolute atomic E-state index is 13.3. The standard InChI is InChI=1S/C30H35NO8.C3H6O3/c1-29-12-11-21(32)14-20(29)7-8-22-23-9-10-24(30(23,2)15-25(33)28(22)29)26(34)17-38-27(35)13-18-3-5-19(6-4-18)16-39-31(36)37;1-2-6-3(4)5/h3-6,11-12,14,22-25,28,33H,7-10,13,15-17H2,1-2H3;2H2,1H3,(H,4,5). The van der Waals surface area contributed by atoms with Gasteiger partial charge in [0.05, 0.1) is 19.1 Å². The summed E-state index contributed by atoms with van der Waals surface area (Å²) >= 11 is 0. The maximum atomic E-state index is 13.3. The van der Waals surface area contributed by atoms with Crippen molar-refractivity contribution in [1.29, 1.82) is 0 Å².